The number of ether oxygens (including phenoxy) is 2. The van der Waals surface area contributed by atoms with Gasteiger partial charge >= 0.3 is 11.9 Å². The zero-order valence-corrected chi connectivity index (χ0v) is 13.5. The number of benzene rings is 1. The summed E-state index contributed by atoms with van der Waals surface area (Å²) in [4.78, 5) is 22.7. The number of carbonyl (C=O) groups excluding carboxylic acids is 2. The summed E-state index contributed by atoms with van der Waals surface area (Å²) in [7, 11) is 0. The monoisotopic (exact) mass is 304 g/mol. The third-order valence-corrected chi connectivity index (χ3v) is 3.11. The summed E-state index contributed by atoms with van der Waals surface area (Å²) in [6.07, 6.45) is 3.34. The summed E-state index contributed by atoms with van der Waals surface area (Å²) in [5.41, 5.74) is 0.795. The van der Waals surface area contributed by atoms with Crippen molar-refractivity contribution in [3.63, 3.8) is 0 Å². The molecule has 1 aromatic carbocycles. The Hall–Kier alpha value is -2.10. The van der Waals surface area contributed by atoms with Crippen molar-refractivity contribution in [2.24, 2.45) is 5.92 Å². The number of hydrogen-bond acceptors (Lipinski definition) is 4. The minimum Gasteiger partial charge on any atom is -0.453 e. The van der Waals surface area contributed by atoms with Crippen molar-refractivity contribution < 1.29 is 19.1 Å². The highest BCUT2D eigenvalue weighted by Crippen LogP contribution is 2.22. The van der Waals surface area contributed by atoms with Crippen molar-refractivity contribution >= 4 is 11.9 Å². The van der Waals surface area contributed by atoms with Crippen molar-refractivity contribution in [1.82, 2.24) is 0 Å². The Kier molecular flexibility index (Phi) is 7.37. The topological polar surface area (TPSA) is 52.6 Å². The highest BCUT2D eigenvalue weighted by molar-refractivity contribution is 5.70. The van der Waals surface area contributed by atoms with Crippen LogP contribution in [0, 0.1) is 5.92 Å². The molecular weight excluding hydrogens is 280 g/mol. The lowest BCUT2D eigenvalue weighted by Gasteiger charge is -2.15. The molecule has 120 valence electrons. The molecule has 4 heteroatoms. The molecule has 0 amide bonds. The average Bonchev–Trinajstić information content (AvgIpc) is 2.44. The van der Waals surface area contributed by atoms with Crippen molar-refractivity contribution in [3.05, 3.63) is 42.5 Å². The van der Waals surface area contributed by atoms with E-state index in [9.17, 15) is 9.59 Å². The highest BCUT2D eigenvalue weighted by Gasteiger charge is 2.13. The minimum atomic E-state index is -0.488. The number of hydrogen-bond donors (Lipinski definition) is 0. The molecule has 0 bridgehead atoms. The maximum Gasteiger partial charge on any atom is 0.308 e. The van der Waals surface area contributed by atoms with Gasteiger partial charge in [0.25, 0.3) is 0 Å². The van der Waals surface area contributed by atoms with Crippen LogP contribution in [0.3, 0.4) is 0 Å². The maximum absolute atomic E-state index is 11.8. The molecule has 4 nitrogen and oxygen atoms in total. The third kappa shape index (κ3) is 6.57. The first-order valence-corrected chi connectivity index (χ1v) is 7.52. The predicted molar refractivity (Wildman–Crippen MR) is 85.5 cm³/mol. The molecule has 0 unspecified atom stereocenters. The van der Waals surface area contributed by atoms with Crippen LogP contribution in [0.1, 0.15) is 51.7 Å². The van der Waals surface area contributed by atoms with Gasteiger partial charge < -0.3 is 9.47 Å². The largest absolute Gasteiger partial charge is 0.453 e. The second-order valence-electron chi connectivity index (χ2n) is 5.59. The Morgan fingerprint density at radius 1 is 1.23 bits per heavy atom. The van der Waals surface area contributed by atoms with Gasteiger partial charge in [-0.15, -0.1) is 0 Å². The van der Waals surface area contributed by atoms with E-state index in [0.29, 0.717) is 18.1 Å². The molecule has 1 aromatic rings. The molecule has 0 saturated heterocycles. The van der Waals surface area contributed by atoms with Crippen LogP contribution in [-0.4, -0.2) is 11.9 Å². The molecule has 0 spiro atoms. The number of carbonyl (C=O) groups is 2. The average molecular weight is 304 g/mol. The van der Waals surface area contributed by atoms with E-state index < -0.39 is 6.10 Å². The maximum atomic E-state index is 11.8. The van der Waals surface area contributed by atoms with E-state index in [1.54, 1.807) is 30.3 Å². The smallest absolute Gasteiger partial charge is 0.308 e. The first kappa shape index (κ1) is 18.0. The van der Waals surface area contributed by atoms with Gasteiger partial charge in [0, 0.05) is 13.3 Å². The summed E-state index contributed by atoms with van der Waals surface area (Å²) >= 11 is 0. The normalized spacial score (nSPS) is 11.8. The van der Waals surface area contributed by atoms with Gasteiger partial charge in [-0.2, -0.15) is 0 Å². The molecule has 0 aliphatic carbocycles. The van der Waals surface area contributed by atoms with Crippen molar-refractivity contribution in [2.45, 2.75) is 46.1 Å². The van der Waals surface area contributed by atoms with Crippen molar-refractivity contribution in [3.8, 4) is 5.75 Å². The van der Waals surface area contributed by atoms with Gasteiger partial charge in [0.2, 0.25) is 0 Å². The fourth-order valence-electron chi connectivity index (χ4n) is 2.00. The van der Waals surface area contributed by atoms with Gasteiger partial charge in [-0.3, -0.25) is 9.59 Å². The predicted octanol–water partition coefficient (Wildman–Crippen LogP) is 4.21. The van der Waals surface area contributed by atoms with Gasteiger partial charge in [-0.1, -0.05) is 39.0 Å². The second-order valence-corrected chi connectivity index (χ2v) is 5.59. The van der Waals surface area contributed by atoms with Crippen LogP contribution in [0.5, 0.6) is 5.75 Å². The molecule has 0 N–H and O–H groups in total. The van der Waals surface area contributed by atoms with Crippen molar-refractivity contribution in [1.29, 1.82) is 0 Å². The van der Waals surface area contributed by atoms with Crippen LogP contribution in [0.15, 0.2) is 36.9 Å². The summed E-state index contributed by atoms with van der Waals surface area (Å²) in [6.45, 7) is 9.31. The van der Waals surface area contributed by atoms with E-state index in [-0.39, 0.29) is 11.9 Å². The summed E-state index contributed by atoms with van der Waals surface area (Å²) in [5, 5.41) is 0. The first-order chi connectivity index (χ1) is 10.4. The van der Waals surface area contributed by atoms with E-state index in [4.69, 9.17) is 9.47 Å². The third-order valence-electron chi connectivity index (χ3n) is 3.11. The van der Waals surface area contributed by atoms with E-state index in [2.05, 4.69) is 20.4 Å². The van der Waals surface area contributed by atoms with Crippen LogP contribution in [0.2, 0.25) is 0 Å². The van der Waals surface area contributed by atoms with Crippen LogP contribution >= 0.6 is 0 Å². The number of esters is 2. The van der Waals surface area contributed by atoms with Gasteiger partial charge in [0.1, 0.15) is 11.9 Å². The molecule has 0 saturated carbocycles. The van der Waals surface area contributed by atoms with E-state index in [1.165, 1.54) is 6.92 Å². The molecule has 0 aliphatic heterocycles. The molecule has 1 atom stereocenters. The summed E-state index contributed by atoms with van der Waals surface area (Å²) in [5.74, 6) is 0.443. The molecule has 0 radical (unpaired) electrons. The Morgan fingerprint density at radius 2 is 1.86 bits per heavy atom. The minimum absolute atomic E-state index is 0.227. The zero-order valence-electron chi connectivity index (χ0n) is 13.5. The Morgan fingerprint density at radius 3 is 2.36 bits per heavy atom. The molecule has 1 rings (SSSR count). The quantitative estimate of drug-likeness (QED) is 0.410. The van der Waals surface area contributed by atoms with Crippen LogP contribution in [0.4, 0.5) is 0 Å². The van der Waals surface area contributed by atoms with Gasteiger partial charge in [0.05, 0.1) is 0 Å². The fourth-order valence-corrected chi connectivity index (χ4v) is 2.00. The molecule has 0 fully saturated rings. The van der Waals surface area contributed by atoms with Crippen LogP contribution in [0.25, 0.3) is 0 Å². The Bertz CT molecular complexity index is 502. The van der Waals surface area contributed by atoms with E-state index in [0.717, 1.165) is 18.4 Å². The SMILES string of the molecule is C=C[C@H](OC(=O)CCCC(C)C)c1ccc(OC(C)=O)cc1. The second kappa shape index (κ2) is 9.03. The Labute approximate surface area is 132 Å². The van der Waals surface area contributed by atoms with Crippen LogP contribution < -0.4 is 4.74 Å². The lowest BCUT2D eigenvalue weighted by atomic mass is 10.1. The fraction of sp³-hybridized carbons (Fsp3) is 0.444. The first-order valence-electron chi connectivity index (χ1n) is 7.52. The lowest BCUT2D eigenvalue weighted by Crippen LogP contribution is -2.10. The van der Waals surface area contributed by atoms with Gasteiger partial charge in [-0.05, 0) is 36.1 Å². The summed E-state index contributed by atoms with van der Waals surface area (Å²) in [6, 6.07) is 6.84. The zero-order chi connectivity index (χ0) is 16.5. The number of rotatable bonds is 8. The van der Waals surface area contributed by atoms with E-state index in [1.807, 2.05) is 0 Å². The summed E-state index contributed by atoms with van der Waals surface area (Å²) < 4.78 is 10.4. The Balaban J connectivity index is 2.58. The molecule has 0 aromatic heterocycles. The van der Waals surface area contributed by atoms with Crippen molar-refractivity contribution in [2.75, 3.05) is 0 Å². The van der Waals surface area contributed by atoms with Crippen LogP contribution in [-0.2, 0) is 14.3 Å². The van der Waals surface area contributed by atoms with Gasteiger partial charge in [0.15, 0.2) is 0 Å². The highest BCUT2D eigenvalue weighted by atomic mass is 16.5. The molecule has 0 heterocycles. The van der Waals surface area contributed by atoms with E-state index >= 15 is 0 Å². The van der Waals surface area contributed by atoms with Gasteiger partial charge in [-0.25, -0.2) is 0 Å². The molecule has 0 aliphatic rings. The molecular formula is C18H24O4. The molecule has 22 heavy (non-hydrogen) atoms. The standard InChI is InChI=1S/C18H24O4/c1-5-17(22-18(20)8-6-7-13(2)3)15-9-11-16(12-10-15)21-14(4)19/h5,9-13,17H,1,6-8H2,2-4H3/t17-/m0/s1. The lowest BCUT2D eigenvalue weighted by molar-refractivity contribution is -0.147.